The van der Waals surface area contributed by atoms with Gasteiger partial charge in [0, 0.05) is 23.4 Å². The first kappa shape index (κ1) is 24.2. The van der Waals surface area contributed by atoms with Crippen LogP contribution in [-0.4, -0.2) is 32.1 Å². The van der Waals surface area contributed by atoms with Gasteiger partial charge in [0.15, 0.2) is 17.3 Å². The van der Waals surface area contributed by atoms with Crippen molar-refractivity contribution in [1.82, 2.24) is 5.32 Å². The van der Waals surface area contributed by atoms with Crippen LogP contribution in [0.15, 0.2) is 57.3 Å². The summed E-state index contributed by atoms with van der Waals surface area (Å²) in [5.41, 5.74) is 3.61. The number of allylic oxidation sites excluding steroid dienone is 3. The summed E-state index contributed by atoms with van der Waals surface area (Å²) in [4.78, 5) is 27.2. The first-order valence-corrected chi connectivity index (χ1v) is 12.6. The summed E-state index contributed by atoms with van der Waals surface area (Å²) >= 11 is 0. The second-order valence-electron chi connectivity index (χ2n) is 9.89. The number of methoxy groups -OCH3 is 2. The summed E-state index contributed by atoms with van der Waals surface area (Å²) in [6.07, 6.45) is 4.81. The van der Waals surface area contributed by atoms with Crippen molar-refractivity contribution in [2.45, 2.75) is 70.3 Å². The number of aryl methyl sites for hydroxylation is 1. The van der Waals surface area contributed by atoms with Crippen LogP contribution in [0.25, 0.3) is 0 Å². The second-order valence-corrected chi connectivity index (χ2v) is 9.89. The third kappa shape index (κ3) is 4.43. The zero-order valence-electron chi connectivity index (χ0n) is 21.3. The Balaban J connectivity index is 1.51. The lowest BCUT2D eigenvalue weighted by atomic mass is 9.73. The summed E-state index contributed by atoms with van der Waals surface area (Å²) < 4.78 is 22.7. The average molecular weight is 492 g/mol. The lowest BCUT2D eigenvalue weighted by molar-refractivity contribution is -0.144. The van der Waals surface area contributed by atoms with E-state index in [-0.39, 0.29) is 23.8 Å². The van der Waals surface area contributed by atoms with Gasteiger partial charge >= 0.3 is 5.97 Å². The Hall–Kier alpha value is -3.48. The number of benzene rings is 1. The minimum atomic E-state index is -0.581. The van der Waals surface area contributed by atoms with Gasteiger partial charge in [-0.3, -0.25) is 4.79 Å². The smallest absolute Gasteiger partial charge is 0.337 e. The molecule has 2 atom stereocenters. The van der Waals surface area contributed by atoms with Gasteiger partial charge in [-0.1, -0.05) is 6.07 Å². The Morgan fingerprint density at radius 3 is 2.42 bits per heavy atom. The standard InChI is InChI=1S/C29H33NO6/c1-16-9-11-24(35-16)28-26(29(32)36-20-7-5-6-8-20)17(2)30-21-13-19(14-22(31)27(21)28)18-10-12-23(33-3)25(15-18)34-4/h9-12,15,19-20,28,30H,5-8,13-14H2,1-4H3. The highest BCUT2D eigenvalue weighted by Crippen LogP contribution is 2.47. The van der Waals surface area contributed by atoms with Crippen LogP contribution in [0.1, 0.15) is 74.4 Å². The molecule has 0 bridgehead atoms. The number of carbonyl (C=O) groups is 2. The predicted octanol–water partition coefficient (Wildman–Crippen LogP) is 5.45. The molecule has 2 unspecified atom stereocenters. The number of rotatable bonds is 6. The largest absolute Gasteiger partial charge is 0.493 e. The molecule has 1 aliphatic heterocycles. The van der Waals surface area contributed by atoms with Gasteiger partial charge in [-0.25, -0.2) is 4.79 Å². The minimum absolute atomic E-state index is 0.00116. The fraction of sp³-hybridized carbons (Fsp3) is 0.448. The molecule has 1 aromatic carbocycles. The van der Waals surface area contributed by atoms with E-state index in [1.165, 1.54) is 0 Å². The van der Waals surface area contributed by atoms with Gasteiger partial charge in [0.05, 0.1) is 25.7 Å². The second kappa shape index (κ2) is 9.88. The van der Waals surface area contributed by atoms with E-state index in [1.54, 1.807) is 14.2 Å². The van der Waals surface area contributed by atoms with Gasteiger partial charge < -0.3 is 23.9 Å². The van der Waals surface area contributed by atoms with Crippen LogP contribution in [0, 0.1) is 6.92 Å². The quantitative estimate of drug-likeness (QED) is 0.538. The van der Waals surface area contributed by atoms with Crippen molar-refractivity contribution in [3.63, 3.8) is 0 Å². The predicted molar refractivity (Wildman–Crippen MR) is 134 cm³/mol. The Morgan fingerprint density at radius 1 is 1.00 bits per heavy atom. The van der Waals surface area contributed by atoms with E-state index in [0.29, 0.717) is 46.9 Å². The molecule has 7 heteroatoms. The lowest BCUT2D eigenvalue weighted by Gasteiger charge is -2.36. The zero-order valence-corrected chi connectivity index (χ0v) is 21.3. The van der Waals surface area contributed by atoms with Gasteiger partial charge in [0.2, 0.25) is 0 Å². The number of hydrogen-bond acceptors (Lipinski definition) is 7. The first-order chi connectivity index (χ1) is 17.4. The Bertz CT molecular complexity index is 1250. The molecule has 2 aromatic rings. The summed E-state index contributed by atoms with van der Waals surface area (Å²) in [6.45, 7) is 3.74. The van der Waals surface area contributed by atoms with Crippen molar-refractivity contribution in [2.24, 2.45) is 0 Å². The van der Waals surface area contributed by atoms with Crippen molar-refractivity contribution < 1.29 is 28.2 Å². The number of dihydropyridines is 1. The maximum Gasteiger partial charge on any atom is 0.337 e. The molecule has 2 aliphatic carbocycles. The van der Waals surface area contributed by atoms with Crippen molar-refractivity contribution in [1.29, 1.82) is 0 Å². The summed E-state index contributed by atoms with van der Waals surface area (Å²) in [5, 5.41) is 3.40. The summed E-state index contributed by atoms with van der Waals surface area (Å²) in [6, 6.07) is 9.51. The Morgan fingerprint density at radius 2 is 1.75 bits per heavy atom. The van der Waals surface area contributed by atoms with Crippen LogP contribution in [-0.2, 0) is 14.3 Å². The van der Waals surface area contributed by atoms with E-state index in [2.05, 4.69) is 5.32 Å². The van der Waals surface area contributed by atoms with Crippen molar-refractivity contribution in [3.8, 4) is 11.5 Å². The maximum atomic E-state index is 13.7. The van der Waals surface area contributed by atoms with Gasteiger partial charge in [0.1, 0.15) is 17.6 Å². The highest BCUT2D eigenvalue weighted by molar-refractivity contribution is 6.04. The van der Waals surface area contributed by atoms with Crippen LogP contribution >= 0.6 is 0 Å². The van der Waals surface area contributed by atoms with Crippen molar-refractivity contribution >= 4 is 11.8 Å². The summed E-state index contributed by atoms with van der Waals surface area (Å²) in [5.74, 6) is 1.64. The third-order valence-electron chi connectivity index (χ3n) is 7.55. The number of nitrogens with one attached hydrogen (secondary N) is 1. The van der Waals surface area contributed by atoms with Gasteiger partial charge in [-0.2, -0.15) is 0 Å². The number of Topliss-reactive ketones (excluding diaryl/α,β-unsaturated/α-hetero) is 1. The Kier molecular flexibility index (Phi) is 6.65. The van der Waals surface area contributed by atoms with E-state index in [9.17, 15) is 9.59 Å². The number of furan rings is 1. The number of hydrogen-bond donors (Lipinski definition) is 1. The number of esters is 1. The fourth-order valence-electron chi connectivity index (χ4n) is 5.77. The molecule has 0 spiro atoms. The molecule has 0 saturated heterocycles. The van der Waals surface area contributed by atoms with Crippen LogP contribution in [0.5, 0.6) is 11.5 Å². The van der Waals surface area contributed by atoms with Crippen molar-refractivity contribution in [2.75, 3.05) is 14.2 Å². The molecule has 7 nitrogen and oxygen atoms in total. The summed E-state index contributed by atoms with van der Waals surface area (Å²) in [7, 11) is 3.21. The highest BCUT2D eigenvalue weighted by atomic mass is 16.5. The zero-order chi connectivity index (χ0) is 25.4. The molecule has 1 saturated carbocycles. The molecule has 1 fully saturated rings. The molecular formula is C29H33NO6. The van der Waals surface area contributed by atoms with Gasteiger partial charge in [-0.05, 0) is 81.7 Å². The number of carbonyl (C=O) groups excluding carboxylic acids is 2. The monoisotopic (exact) mass is 491 g/mol. The molecule has 36 heavy (non-hydrogen) atoms. The molecule has 2 heterocycles. The van der Waals surface area contributed by atoms with E-state index >= 15 is 0 Å². The molecule has 0 amide bonds. The van der Waals surface area contributed by atoms with Gasteiger partial charge in [0.25, 0.3) is 0 Å². The Labute approximate surface area is 211 Å². The molecule has 190 valence electrons. The van der Waals surface area contributed by atoms with E-state index in [4.69, 9.17) is 18.6 Å². The molecule has 5 rings (SSSR count). The fourth-order valence-corrected chi connectivity index (χ4v) is 5.77. The van der Waals surface area contributed by atoms with Crippen LogP contribution < -0.4 is 14.8 Å². The molecular weight excluding hydrogens is 458 g/mol. The highest BCUT2D eigenvalue weighted by Gasteiger charge is 2.43. The lowest BCUT2D eigenvalue weighted by Crippen LogP contribution is -2.36. The van der Waals surface area contributed by atoms with E-state index < -0.39 is 5.92 Å². The first-order valence-electron chi connectivity index (χ1n) is 12.6. The minimum Gasteiger partial charge on any atom is -0.493 e. The normalized spacial score (nSPS) is 22.4. The average Bonchev–Trinajstić information content (AvgIpc) is 3.54. The van der Waals surface area contributed by atoms with E-state index in [0.717, 1.165) is 42.7 Å². The SMILES string of the molecule is COc1ccc(C2CC(=O)C3=C(C2)NC(C)=C(C(=O)OC2CCCC2)C3c2ccc(C)o2)cc1OC. The van der Waals surface area contributed by atoms with Crippen LogP contribution in [0.4, 0.5) is 0 Å². The molecule has 0 radical (unpaired) electrons. The van der Waals surface area contributed by atoms with Crippen LogP contribution in [0.3, 0.4) is 0 Å². The third-order valence-corrected chi connectivity index (χ3v) is 7.55. The maximum absolute atomic E-state index is 13.7. The van der Waals surface area contributed by atoms with Crippen LogP contribution in [0.2, 0.25) is 0 Å². The number of ether oxygens (including phenoxy) is 3. The van der Waals surface area contributed by atoms with E-state index in [1.807, 2.05) is 44.2 Å². The molecule has 1 N–H and O–H groups in total. The van der Waals surface area contributed by atoms with Crippen molar-refractivity contribution in [3.05, 3.63) is 70.0 Å². The topological polar surface area (TPSA) is 87.0 Å². The molecule has 1 aromatic heterocycles. The number of ketones is 1. The molecule has 3 aliphatic rings. The van der Waals surface area contributed by atoms with Gasteiger partial charge in [-0.15, -0.1) is 0 Å².